The molecule has 0 saturated carbocycles. The van der Waals surface area contributed by atoms with E-state index in [1.165, 1.54) is 12.1 Å². The van der Waals surface area contributed by atoms with Crippen LogP contribution in [0.5, 0.6) is 0 Å². The van der Waals surface area contributed by atoms with Gasteiger partial charge in [0.2, 0.25) is 0 Å². The molecule has 1 aromatic rings. The van der Waals surface area contributed by atoms with Crippen molar-refractivity contribution in [3.8, 4) is 0 Å². The van der Waals surface area contributed by atoms with Gasteiger partial charge in [-0.15, -0.1) is 0 Å². The molecule has 1 amide bonds. The number of amides is 1. The van der Waals surface area contributed by atoms with E-state index >= 15 is 0 Å². The molecule has 0 aliphatic carbocycles. The van der Waals surface area contributed by atoms with Gasteiger partial charge in [-0.25, -0.2) is 13.1 Å². The first-order valence-corrected chi connectivity index (χ1v) is 6.93. The molecule has 1 saturated heterocycles. The van der Waals surface area contributed by atoms with Crippen LogP contribution in [0, 0.1) is 0 Å². The minimum absolute atomic E-state index is 0.103. The molecule has 1 fully saturated rings. The summed E-state index contributed by atoms with van der Waals surface area (Å²) < 4.78 is 25.8. The Hall–Kier alpha value is -1.40. The molecule has 1 aliphatic heterocycles. The molecule has 92 valence electrons. The fourth-order valence-corrected chi connectivity index (χ4v) is 2.81. The van der Waals surface area contributed by atoms with Gasteiger partial charge in [0.25, 0.3) is 15.9 Å². The Bertz CT molecular complexity index is 493. The number of sulfonamides is 1. The predicted molar refractivity (Wildman–Crippen MR) is 62.8 cm³/mol. The van der Waals surface area contributed by atoms with Crippen LogP contribution >= 0.6 is 0 Å². The summed E-state index contributed by atoms with van der Waals surface area (Å²) in [4.78, 5) is 11.8. The molecular weight excluding hydrogens is 240 g/mol. The Labute approximate surface area is 100 Å². The van der Waals surface area contributed by atoms with Crippen molar-refractivity contribution in [3.63, 3.8) is 0 Å². The first kappa shape index (κ1) is 12.1. The molecule has 0 bridgehead atoms. The second-order valence-electron chi connectivity index (χ2n) is 3.93. The lowest BCUT2D eigenvalue weighted by Gasteiger charge is -2.11. The zero-order valence-electron chi connectivity index (χ0n) is 9.22. The predicted octanol–water partition coefficient (Wildman–Crippen LogP) is 0.243. The number of benzene rings is 1. The van der Waals surface area contributed by atoms with E-state index in [2.05, 4.69) is 10.0 Å². The zero-order valence-corrected chi connectivity index (χ0v) is 10.0. The molecule has 1 heterocycles. The minimum atomic E-state index is -3.74. The monoisotopic (exact) mass is 254 g/mol. The summed E-state index contributed by atoms with van der Waals surface area (Å²) in [5.41, 5.74) is 0. The fourth-order valence-electron chi connectivity index (χ4n) is 1.77. The van der Waals surface area contributed by atoms with Gasteiger partial charge in [0.05, 0.1) is 10.9 Å². The van der Waals surface area contributed by atoms with Crippen LogP contribution in [0.4, 0.5) is 0 Å². The van der Waals surface area contributed by atoms with Gasteiger partial charge in [-0.1, -0.05) is 18.2 Å². The molecule has 2 rings (SSSR count). The molecule has 0 aromatic heterocycles. The fraction of sp³-hybridized carbons (Fsp3) is 0.364. The lowest BCUT2D eigenvalue weighted by Crippen LogP contribution is -2.43. The van der Waals surface area contributed by atoms with Crippen molar-refractivity contribution in [3.05, 3.63) is 30.3 Å². The van der Waals surface area contributed by atoms with Crippen molar-refractivity contribution >= 4 is 15.9 Å². The third kappa shape index (κ3) is 2.83. The second kappa shape index (κ2) is 4.85. The molecule has 0 unspecified atom stereocenters. The van der Waals surface area contributed by atoms with E-state index in [-0.39, 0.29) is 4.90 Å². The molecular formula is C11H14N2O3S. The topological polar surface area (TPSA) is 75.3 Å². The SMILES string of the molecule is O=C(NS(=O)(=O)c1ccccc1)[C@@H]1CCCN1. The van der Waals surface area contributed by atoms with Gasteiger partial charge in [-0.2, -0.15) is 0 Å². The summed E-state index contributed by atoms with van der Waals surface area (Å²) in [6.07, 6.45) is 1.57. The highest BCUT2D eigenvalue weighted by atomic mass is 32.2. The normalized spacial score (nSPS) is 20.1. The van der Waals surface area contributed by atoms with Gasteiger partial charge >= 0.3 is 0 Å². The van der Waals surface area contributed by atoms with E-state index in [0.717, 1.165) is 13.0 Å². The summed E-state index contributed by atoms with van der Waals surface area (Å²) in [7, 11) is -3.74. The maximum atomic E-state index is 11.8. The molecule has 1 aliphatic rings. The molecule has 17 heavy (non-hydrogen) atoms. The van der Waals surface area contributed by atoms with Crippen molar-refractivity contribution in [1.82, 2.24) is 10.0 Å². The average molecular weight is 254 g/mol. The smallest absolute Gasteiger partial charge is 0.264 e. The lowest BCUT2D eigenvalue weighted by molar-refractivity contribution is -0.121. The average Bonchev–Trinajstić information content (AvgIpc) is 2.83. The molecule has 5 nitrogen and oxygen atoms in total. The van der Waals surface area contributed by atoms with E-state index < -0.39 is 22.0 Å². The summed E-state index contributed by atoms with van der Waals surface area (Å²) in [5, 5.41) is 2.95. The third-order valence-corrected chi connectivity index (χ3v) is 4.03. The number of carbonyl (C=O) groups excluding carboxylic acids is 1. The number of hydrogen-bond donors (Lipinski definition) is 2. The van der Waals surface area contributed by atoms with E-state index in [1.807, 2.05) is 0 Å². The van der Waals surface area contributed by atoms with Crippen molar-refractivity contribution in [2.75, 3.05) is 6.54 Å². The van der Waals surface area contributed by atoms with Crippen LogP contribution in [-0.4, -0.2) is 26.9 Å². The van der Waals surface area contributed by atoms with Crippen LogP contribution in [0.2, 0.25) is 0 Å². The molecule has 1 atom stereocenters. The Morgan fingerprint density at radius 3 is 2.59 bits per heavy atom. The van der Waals surface area contributed by atoms with Gasteiger partial charge in [0, 0.05) is 0 Å². The van der Waals surface area contributed by atoms with Crippen LogP contribution in [-0.2, 0) is 14.8 Å². The quantitative estimate of drug-likeness (QED) is 0.810. The Balaban J connectivity index is 2.10. The summed E-state index contributed by atoms with van der Waals surface area (Å²) in [5.74, 6) is -0.480. The van der Waals surface area contributed by atoms with Crippen molar-refractivity contribution < 1.29 is 13.2 Å². The van der Waals surface area contributed by atoms with E-state index in [0.29, 0.717) is 6.42 Å². The highest BCUT2D eigenvalue weighted by Crippen LogP contribution is 2.09. The Morgan fingerprint density at radius 1 is 1.29 bits per heavy atom. The Morgan fingerprint density at radius 2 is 2.00 bits per heavy atom. The summed E-state index contributed by atoms with van der Waals surface area (Å²) >= 11 is 0. The highest BCUT2D eigenvalue weighted by molar-refractivity contribution is 7.90. The molecule has 6 heteroatoms. The standard InChI is InChI=1S/C11H14N2O3S/c14-11(10-7-4-8-12-10)13-17(15,16)9-5-2-1-3-6-9/h1-3,5-6,10,12H,4,7-8H2,(H,13,14)/t10-/m0/s1. The number of rotatable bonds is 3. The zero-order chi connectivity index (χ0) is 12.3. The van der Waals surface area contributed by atoms with Gasteiger partial charge in [-0.05, 0) is 31.5 Å². The van der Waals surface area contributed by atoms with Crippen molar-refractivity contribution in [2.45, 2.75) is 23.8 Å². The number of hydrogen-bond acceptors (Lipinski definition) is 4. The van der Waals surface area contributed by atoms with Crippen LogP contribution in [0.1, 0.15) is 12.8 Å². The van der Waals surface area contributed by atoms with Gasteiger partial charge in [0.1, 0.15) is 0 Å². The molecule has 1 aromatic carbocycles. The number of carbonyl (C=O) groups is 1. The summed E-state index contributed by atoms with van der Waals surface area (Å²) in [6, 6.07) is 7.47. The van der Waals surface area contributed by atoms with E-state index in [4.69, 9.17) is 0 Å². The summed E-state index contributed by atoms with van der Waals surface area (Å²) in [6.45, 7) is 0.753. The molecule has 2 N–H and O–H groups in total. The Kier molecular flexibility index (Phi) is 3.44. The molecule has 0 radical (unpaired) electrons. The van der Waals surface area contributed by atoms with Crippen molar-refractivity contribution in [2.24, 2.45) is 0 Å². The van der Waals surface area contributed by atoms with E-state index in [9.17, 15) is 13.2 Å². The maximum Gasteiger partial charge on any atom is 0.264 e. The third-order valence-electron chi connectivity index (χ3n) is 2.67. The first-order chi connectivity index (χ1) is 8.09. The number of nitrogens with one attached hydrogen (secondary N) is 2. The van der Waals surface area contributed by atoms with Gasteiger partial charge in [-0.3, -0.25) is 4.79 Å². The lowest BCUT2D eigenvalue weighted by atomic mass is 10.2. The van der Waals surface area contributed by atoms with Gasteiger partial charge < -0.3 is 5.32 Å². The highest BCUT2D eigenvalue weighted by Gasteiger charge is 2.26. The minimum Gasteiger partial charge on any atom is -0.306 e. The van der Waals surface area contributed by atoms with E-state index in [1.54, 1.807) is 18.2 Å². The second-order valence-corrected chi connectivity index (χ2v) is 5.61. The van der Waals surface area contributed by atoms with Gasteiger partial charge in [0.15, 0.2) is 0 Å². The van der Waals surface area contributed by atoms with Crippen molar-refractivity contribution in [1.29, 1.82) is 0 Å². The first-order valence-electron chi connectivity index (χ1n) is 5.45. The maximum absolute atomic E-state index is 11.8. The largest absolute Gasteiger partial charge is 0.306 e. The van der Waals surface area contributed by atoms with Crippen LogP contribution in [0.3, 0.4) is 0 Å². The van der Waals surface area contributed by atoms with Crippen LogP contribution in [0.25, 0.3) is 0 Å². The van der Waals surface area contributed by atoms with Crippen LogP contribution < -0.4 is 10.0 Å². The van der Waals surface area contributed by atoms with Crippen LogP contribution in [0.15, 0.2) is 35.2 Å². The molecule has 0 spiro atoms.